The smallest absolute Gasteiger partial charge is 0.304 e. The van der Waals surface area contributed by atoms with Gasteiger partial charge in [0, 0.05) is 28.5 Å². The van der Waals surface area contributed by atoms with Crippen molar-refractivity contribution in [2.24, 2.45) is 5.41 Å². The third-order valence-electron chi connectivity index (χ3n) is 8.11. The molecule has 206 valence electrons. The average molecular weight is 582 g/mol. The third-order valence-corrected chi connectivity index (χ3v) is 10.8. The maximum Gasteiger partial charge on any atom is 0.304 e. The highest BCUT2D eigenvalue weighted by molar-refractivity contribution is 7.91. The van der Waals surface area contributed by atoms with Crippen molar-refractivity contribution >= 4 is 45.1 Å². The molecule has 4 unspecified atom stereocenters. The minimum atomic E-state index is -3.57. The number of carboxylic acids is 1. The zero-order valence-corrected chi connectivity index (χ0v) is 24.1. The summed E-state index contributed by atoms with van der Waals surface area (Å²) in [5.74, 6) is -1.66. The predicted octanol–water partition coefficient (Wildman–Crippen LogP) is 5.78. The van der Waals surface area contributed by atoms with E-state index in [1.165, 1.54) is 0 Å². The molecule has 0 radical (unpaired) electrons. The lowest BCUT2D eigenvalue weighted by Crippen LogP contribution is -2.58. The topological polar surface area (TPSA) is 104 Å². The molecule has 0 bridgehead atoms. The maximum absolute atomic E-state index is 14.2. The number of carboxylic acid groups (broad SMARTS) is 1. The van der Waals surface area contributed by atoms with Crippen LogP contribution in [0.4, 0.5) is 0 Å². The Morgan fingerprint density at radius 3 is 2.32 bits per heavy atom. The summed E-state index contributed by atoms with van der Waals surface area (Å²) in [6, 6.07) is 13.7. The van der Waals surface area contributed by atoms with Crippen LogP contribution in [0.3, 0.4) is 0 Å². The first-order chi connectivity index (χ1) is 17.8. The van der Waals surface area contributed by atoms with Crippen LogP contribution in [0, 0.1) is 5.41 Å². The van der Waals surface area contributed by atoms with Gasteiger partial charge < -0.3 is 10.0 Å². The molecule has 1 aliphatic heterocycles. The number of aliphatic carboxylic acids is 1. The van der Waals surface area contributed by atoms with Crippen molar-refractivity contribution in [1.29, 1.82) is 0 Å². The minimum absolute atomic E-state index is 0.0374. The second-order valence-electron chi connectivity index (χ2n) is 11.1. The molecule has 2 aliphatic rings. The largest absolute Gasteiger partial charge is 0.481 e. The molecule has 2 fully saturated rings. The summed E-state index contributed by atoms with van der Waals surface area (Å²) in [5.41, 5.74) is 0.518. The molecule has 1 amide bonds. The summed E-state index contributed by atoms with van der Waals surface area (Å²) in [4.78, 5) is 27.9. The van der Waals surface area contributed by atoms with Gasteiger partial charge in [-0.1, -0.05) is 61.3 Å². The predicted molar refractivity (Wildman–Crippen MR) is 149 cm³/mol. The molecule has 10 heteroatoms. The summed E-state index contributed by atoms with van der Waals surface area (Å²) in [7, 11) is -3.57. The van der Waals surface area contributed by atoms with Crippen LogP contribution in [-0.4, -0.2) is 47.6 Å². The standard InChI is InChI=1S/C28H34Cl2N2O5S/c1-4-22(17-31-38(36,37)28(3)12-13-28)32-25(18-8-10-20(29)11-9-18)23(19-6-5-7-21(30)14-19)15-27(2,26(32)35)16-24(33)34/h5-11,14,22-23,25,31H,4,12-13,15-17H2,1-3H3,(H,33,34). The highest BCUT2D eigenvalue weighted by atomic mass is 35.5. The Labute approximate surface area is 234 Å². The van der Waals surface area contributed by atoms with Crippen molar-refractivity contribution in [3.05, 3.63) is 69.7 Å². The van der Waals surface area contributed by atoms with Crippen LogP contribution in [0.2, 0.25) is 10.0 Å². The van der Waals surface area contributed by atoms with Crippen LogP contribution in [0.5, 0.6) is 0 Å². The molecule has 0 spiro atoms. The van der Waals surface area contributed by atoms with Crippen molar-refractivity contribution in [3.63, 3.8) is 0 Å². The Morgan fingerprint density at radius 1 is 1.11 bits per heavy atom. The van der Waals surface area contributed by atoms with E-state index in [9.17, 15) is 23.1 Å². The van der Waals surface area contributed by atoms with Gasteiger partial charge in [0.05, 0.1) is 22.6 Å². The van der Waals surface area contributed by atoms with E-state index < -0.39 is 38.2 Å². The molecule has 4 rings (SSSR count). The fourth-order valence-electron chi connectivity index (χ4n) is 5.55. The number of halogens is 2. The van der Waals surface area contributed by atoms with Crippen LogP contribution in [0.1, 0.15) is 76.0 Å². The highest BCUT2D eigenvalue weighted by Gasteiger charge is 2.53. The number of benzene rings is 2. The summed E-state index contributed by atoms with van der Waals surface area (Å²) >= 11 is 12.6. The second-order valence-corrected chi connectivity index (χ2v) is 14.2. The van der Waals surface area contributed by atoms with E-state index in [1.807, 2.05) is 37.3 Å². The van der Waals surface area contributed by atoms with Crippen molar-refractivity contribution in [2.45, 2.75) is 75.6 Å². The molecular formula is C28H34Cl2N2O5S. The number of sulfonamides is 1. The van der Waals surface area contributed by atoms with E-state index in [0.717, 1.165) is 11.1 Å². The van der Waals surface area contributed by atoms with Crippen molar-refractivity contribution in [3.8, 4) is 0 Å². The lowest BCUT2D eigenvalue weighted by Gasteiger charge is -2.52. The lowest BCUT2D eigenvalue weighted by atomic mass is 9.67. The molecule has 1 saturated carbocycles. The summed E-state index contributed by atoms with van der Waals surface area (Å²) in [6.45, 7) is 5.35. The monoisotopic (exact) mass is 580 g/mol. The van der Waals surface area contributed by atoms with Crippen molar-refractivity contribution in [2.75, 3.05) is 6.54 Å². The Balaban J connectivity index is 1.83. The molecular weight excluding hydrogens is 547 g/mol. The lowest BCUT2D eigenvalue weighted by molar-refractivity contribution is -0.160. The Kier molecular flexibility index (Phi) is 8.20. The minimum Gasteiger partial charge on any atom is -0.481 e. The van der Waals surface area contributed by atoms with Crippen LogP contribution >= 0.6 is 23.2 Å². The molecule has 4 atom stereocenters. The number of hydrogen-bond donors (Lipinski definition) is 2. The maximum atomic E-state index is 14.2. The summed E-state index contributed by atoms with van der Waals surface area (Å²) in [6.07, 6.45) is 1.63. The molecule has 0 aromatic heterocycles. The van der Waals surface area contributed by atoms with E-state index in [1.54, 1.807) is 36.9 Å². The van der Waals surface area contributed by atoms with Gasteiger partial charge in [0.1, 0.15) is 0 Å². The fraction of sp³-hybridized carbons (Fsp3) is 0.500. The first-order valence-corrected chi connectivity index (χ1v) is 15.1. The average Bonchev–Trinajstić information content (AvgIpc) is 3.61. The fourth-order valence-corrected chi connectivity index (χ4v) is 7.27. The number of nitrogens with zero attached hydrogens (tertiary/aromatic N) is 1. The molecule has 2 aromatic carbocycles. The molecule has 38 heavy (non-hydrogen) atoms. The second kappa shape index (κ2) is 10.8. The van der Waals surface area contributed by atoms with Crippen molar-refractivity contribution in [1.82, 2.24) is 9.62 Å². The molecule has 1 heterocycles. The van der Waals surface area contributed by atoms with Gasteiger partial charge in [-0.15, -0.1) is 0 Å². The van der Waals surface area contributed by atoms with Gasteiger partial charge in [-0.05, 0) is 68.0 Å². The Hall–Kier alpha value is -2.13. The molecule has 2 aromatic rings. The van der Waals surface area contributed by atoms with E-state index >= 15 is 0 Å². The Morgan fingerprint density at radius 2 is 1.76 bits per heavy atom. The molecule has 1 saturated heterocycles. The van der Waals surface area contributed by atoms with E-state index in [2.05, 4.69) is 4.72 Å². The van der Waals surface area contributed by atoms with Gasteiger partial charge in [-0.2, -0.15) is 0 Å². The highest BCUT2D eigenvalue weighted by Crippen LogP contribution is 2.52. The van der Waals surface area contributed by atoms with Crippen molar-refractivity contribution < 1.29 is 23.1 Å². The van der Waals surface area contributed by atoms with Crippen LogP contribution in [0.15, 0.2) is 48.5 Å². The van der Waals surface area contributed by atoms with E-state index in [4.69, 9.17) is 23.2 Å². The number of nitrogens with one attached hydrogen (secondary N) is 1. The number of amides is 1. The van der Waals surface area contributed by atoms with E-state index in [-0.39, 0.29) is 24.8 Å². The molecule has 2 N–H and O–H groups in total. The van der Waals surface area contributed by atoms with Crippen LogP contribution in [-0.2, 0) is 19.6 Å². The number of hydrogen-bond acceptors (Lipinski definition) is 4. The zero-order valence-electron chi connectivity index (χ0n) is 21.8. The van der Waals surface area contributed by atoms with Crippen LogP contribution in [0.25, 0.3) is 0 Å². The SMILES string of the molecule is CCC(CNS(=O)(=O)C1(C)CC1)N1C(=O)C(C)(CC(=O)O)CC(c2cccc(Cl)c2)C1c1ccc(Cl)cc1. The number of rotatable bonds is 10. The Bertz CT molecular complexity index is 1310. The number of carbonyl (C=O) groups excluding carboxylic acids is 1. The van der Waals surface area contributed by atoms with Gasteiger partial charge in [-0.25, -0.2) is 13.1 Å². The molecule has 7 nitrogen and oxygen atoms in total. The number of piperidine rings is 1. The van der Waals surface area contributed by atoms with Gasteiger partial charge in [0.2, 0.25) is 15.9 Å². The first-order valence-electron chi connectivity index (χ1n) is 12.8. The van der Waals surface area contributed by atoms with Gasteiger partial charge in [-0.3, -0.25) is 9.59 Å². The summed E-state index contributed by atoms with van der Waals surface area (Å²) in [5, 5.41) is 10.8. The van der Waals surface area contributed by atoms with Gasteiger partial charge >= 0.3 is 5.97 Å². The number of carbonyl (C=O) groups is 2. The quantitative estimate of drug-likeness (QED) is 0.370. The molecule has 1 aliphatic carbocycles. The summed E-state index contributed by atoms with van der Waals surface area (Å²) < 4.78 is 27.9. The van der Waals surface area contributed by atoms with Gasteiger partial charge in [0.25, 0.3) is 0 Å². The van der Waals surface area contributed by atoms with Crippen LogP contribution < -0.4 is 4.72 Å². The number of likely N-dealkylation sites (tertiary alicyclic amines) is 1. The normalized spacial score (nSPS) is 25.7. The van der Waals surface area contributed by atoms with Gasteiger partial charge in [0.15, 0.2) is 0 Å². The first kappa shape index (κ1) is 28.9. The van der Waals surface area contributed by atoms with E-state index in [0.29, 0.717) is 35.7 Å². The third kappa shape index (κ3) is 5.74. The zero-order chi connectivity index (χ0) is 27.9.